The van der Waals surface area contributed by atoms with Crippen LogP contribution < -0.4 is 4.74 Å². The molecule has 2 aromatic rings. The summed E-state index contributed by atoms with van der Waals surface area (Å²) in [6.45, 7) is 0. The molecule has 1 heterocycles. The number of benzene rings is 1. The van der Waals surface area contributed by atoms with Crippen LogP contribution in [0.1, 0.15) is 28.4 Å². The Morgan fingerprint density at radius 3 is 2.64 bits per heavy atom. The zero-order valence-corrected chi connectivity index (χ0v) is 12.3. The minimum absolute atomic E-state index is 0.0676. The molecule has 3 rings (SSSR count). The molecule has 130 valence electrons. The molecule has 1 aliphatic carbocycles. The molecule has 1 aromatic carbocycles. The zero-order valence-electron chi connectivity index (χ0n) is 12.3. The quantitative estimate of drug-likeness (QED) is 0.831. The number of ether oxygens (including phenoxy) is 1. The number of hydrogen-bond acceptors (Lipinski definition) is 4. The average Bonchev–Trinajstić information content (AvgIpc) is 2.82. The first-order valence-electron chi connectivity index (χ1n) is 7.00. The van der Waals surface area contributed by atoms with Crippen molar-refractivity contribution in [3.8, 4) is 17.7 Å². The van der Waals surface area contributed by atoms with E-state index in [-0.39, 0.29) is 22.8 Å². The van der Waals surface area contributed by atoms with Crippen molar-refractivity contribution >= 4 is 0 Å². The number of pyridine rings is 1. The molecule has 1 N–H and O–H groups in total. The lowest BCUT2D eigenvalue weighted by Crippen LogP contribution is -2.14. The summed E-state index contributed by atoms with van der Waals surface area (Å²) < 4.78 is 71.6. The summed E-state index contributed by atoms with van der Waals surface area (Å²) in [4.78, 5) is 3.54. The molecule has 0 radical (unpaired) electrons. The summed E-state index contributed by atoms with van der Waals surface area (Å²) in [7, 11) is 0. The lowest BCUT2D eigenvalue weighted by Gasteiger charge is -2.16. The van der Waals surface area contributed by atoms with E-state index in [2.05, 4.69) is 4.98 Å². The Balaban J connectivity index is 2.08. The maximum absolute atomic E-state index is 13.8. The van der Waals surface area contributed by atoms with Crippen LogP contribution in [-0.4, -0.2) is 16.3 Å². The summed E-state index contributed by atoms with van der Waals surface area (Å²) in [5.74, 6) is -1.35. The Morgan fingerprint density at radius 2 is 2.00 bits per heavy atom. The van der Waals surface area contributed by atoms with E-state index >= 15 is 0 Å². The van der Waals surface area contributed by atoms with Gasteiger partial charge in [0.1, 0.15) is 23.8 Å². The number of rotatable bonds is 2. The van der Waals surface area contributed by atoms with Gasteiger partial charge in [-0.3, -0.25) is 0 Å². The number of nitrogens with zero attached hydrogens (tertiary/aromatic N) is 2. The van der Waals surface area contributed by atoms with E-state index in [1.807, 2.05) is 0 Å². The van der Waals surface area contributed by atoms with Crippen molar-refractivity contribution in [2.45, 2.75) is 24.9 Å². The van der Waals surface area contributed by atoms with Crippen molar-refractivity contribution in [1.29, 1.82) is 5.26 Å². The predicted octanol–water partition coefficient (Wildman–Crippen LogP) is 3.83. The van der Waals surface area contributed by atoms with Gasteiger partial charge in [-0.1, -0.05) is 0 Å². The van der Waals surface area contributed by atoms with Crippen LogP contribution in [0.15, 0.2) is 24.4 Å². The normalized spacial score (nSPS) is 19.4. The molecule has 1 unspecified atom stereocenters. The lowest BCUT2D eigenvalue weighted by atomic mass is 10.0. The van der Waals surface area contributed by atoms with Crippen LogP contribution in [0.25, 0.3) is 0 Å². The molecule has 1 aromatic heterocycles. The van der Waals surface area contributed by atoms with Gasteiger partial charge in [-0.15, -0.1) is 0 Å². The fourth-order valence-corrected chi connectivity index (χ4v) is 2.68. The first-order valence-corrected chi connectivity index (χ1v) is 7.00. The highest BCUT2D eigenvalue weighted by molar-refractivity contribution is 5.49. The molecular formula is C16H9F5N2O2. The van der Waals surface area contributed by atoms with Gasteiger partial charge < -0.3 is 9.84 Å². The van der Waals surface area contributed by atoms with E-state index in [9.17, 15) is 27.1 Å². The van der Waals surface area contributed by atoms with Gasteiger partial charge in [0.2, 0.25) is 5.88 Å². The Hall–Kier alpha value is -2.73. The van der Waals surface area contributed by atoms with Gasteiger partial charge in [0.25, 0.3) is 0 Å². The summed E-state index contributed by atoms with van der Waals surface area (Å²) in [5, 5.41) is 18.6. The van der Waals surface area contributed by atoms with Crippen molar-refractivity contribution < 1.29 is 31.8 Å². The Kier molecular flexibility index (Phi) is 4.08. The van der Waals surface area contributed by atoms with Crippen LogP contribution in [0, 0.1) is 17.1 Å². The molecule has 1 aliphatic rings. The maximum atomic E-state index is 13.8. The van der Waals surface area contributed by atoms with E-state index in [4.69, 9.17) is 10.00 Å². The van der Waals surface area contributed by atoms with E-state index in [0.29, 0.717) is 6.20 Å². The van der Waals surface area contributed by atoms with E-state index < -0.39 is 41.8 Å². The summed E-state index contributed by atoms with van der Waals surface area (Å²) in [5.41, 5.74) is -2.19. The van der Waals surface area contributed by atoms with Crippen LogP contribution in [0.4, 0.5) is 22.0 Å². The van der Waals surface area contributed by atoms with Crippen LogP contribution in [-0.2, 0) is 12.6 Å². The van der Waals surface area contributed by atoms with Crippen molar-refractivity contribution in [2.24, 2.45) is 0 Å². The van der Waals surface area contributed by atoms with Crippen molar-refractivity contribution in [2.75, 3.05) is 0 Å². The van der Waals surface area contributed by atoms with Gasteiger partial charge in [-0.2, -0.15) is 18.4 Å². The minimum Gasteiger partial charge on any atom is -0.439 e. The van der Waals surface area contributed by atoms with Crippen molar-refractivity contribution in [1.82, 2.24) is 4.98 Å². The molecule has 4 nitrogen and oxygen atoms in total. The largest absolute Gasteiger partial charge is 0.439 e. The number of aliphatic hydroxyl groups is 1. The number of hydrogen-bond donors (Lipinski definition) is 1. The van der Waals surface area contributed by atoms with Gasteiger partial charge in [-0.05, 0) is 12.1 Å². The van der Waals surface area contributed by atoms with E-state index in [1.165, 1.54) is 0 Å². The third-order valence-electron chi connectivity index (χ3n) is 3.74. The summed E-state index contributed by atoms with van der Waals surface area (Å²) >= 11 is 0. The molecule has 0 amide bonds. The number of alkyl halides is 4. The molecular weight excluding hydrogens is 347 g/mol. The predicted molar refractivity (Wildman–Crippen MR) is 74.0 cm³/mol. The third kappa shape index (κ3) is 3.13. The van der Waals surface area contributed by atoms with Gasteiger partial charge >= 0.3 is 6.18 Å². The number of halogens is 5. The number of nitriles is 1. The average molecular weight is 356 g/mol. The molecule has 0 bridgehead atoms. The van der Waals surface area contributed by atoms with E-state index in [1.54, 1.807) is 6.07 Å². The van der Waals surface area contributed by atoms with Gasteiger partial charge in [0.15, 0.2) is 0 Å². The second-order valence-corrected chi connectivity index (χ2v) is 5.42. The highest BCUT2D eigenvalue weighted by Crippen LogP contribution is 2.45. The fourth-order valence-electron chi connectivity index (χ4n) is 2.68. The third-order valence-corrected chi connectivity index (χ3v) is 3.74. The first-order chi connectivity index (χ1) is 11.7. The van der Waals surface area contributed by atoms with Crippen molar-refractivity contribution in [3.05, 3.63) is 52.5 Å². The van der Waals surface area contributed by atoms with Crippen LogP contribution >= 0.6 is 0 Å². The molecule has 0 saturated heterocycles. The van der Waals surface area contributed by atoms with Crippen molar-refractivity contribution in [3.63, 3.8) is 0 Å². The van der Waals surface area contributed by atoms with Crippen LogP contribution in [0.5, 0.6) is 11.6 Å². The summed E-state index contributed by atoms with van der Waals surface area (Å²) in [6.07, 6.45) is -8.82. The monoisotopic (exact) mass is 356 g/mol. The first kappa shape index (κ1) is 17.1. The highest BCUT2D eigenvalue weighted by atomic mass is 19.4. The molecule has 25 heavy (non-hydrogen) atoms. The second-order valence-electron chi connectivity index (χ2n) is 5.42. The Morgan fingerprint density at radius 1 is 1.28 bits per heavy atom. The Labute approximate surface area is 138 Å². The molecule has 0 spiro atoms. The molecule has 0 saturated carbocycles. The molecule has 9 heteroatoms. The molecule has 2 atom stereocenters. The molecule has 0 aliphatic heterocycles. The van der Waals surface area contributed by atoms with Gasteiger partial charge in [0, 0.05) is 29.8 Å². The van der Waals surface area contributed by atoms with Gasteiger partial charge in [-0.25, -0.2) is 13.8 Å². The number of aliphatic hydroxyl groups excluding tert-OH is 1. The lowest BCUT2D eigenvalue weighted by molar-refractivity contribution is -0.139. The topological polar surface area (TPSA) is 66.1 Å². The standard InChI is InChI=1S/C16H9F5N2O2/c17-8-1-7(5-22)2-9(3-8)25-15-10-4-12(18)14(24)13(10)11(6-23-15)16(19,20)21/h1-3,6,12,14,24H,4H2/t12?,14-/m1/s1. The van der Waals surface area contributed by atoms with Crippen LogP contribution in [0.2, 0.25) is 0 Å². The van der Waals surface area contributed by atoms with E-state index in [0.717, 1.165) is 18.2 Å². The van der Waals surface area contributed by atoms with Crippen LogP contribution in [0.3, 0.4) is 0 Å². The maximum Gasteiger partial charge on any atom is 0.418 e. The smallest absolute Gasteiger partial charge is 0.418 e. The number of aromatic nitrogens is 1. The van der Waals surface area contributed by atoms with Gasteiger partial charge in [0.05, 0.1) is 17.2 Å². The Bertz CT molecular complexity index is 876. The molecule has 0 fully saturated rings. The highest BCUT2D eigenvalue weighted by Gasteiger charge is 2.44. The number of fused-ring (bicyclic) bond motifs is 1. The minimum atomic E-state index is -4.83. The fraction of sp³-hybridized carbons (Fsp3) is 0.250. The SMILES string of the molecule is N#Cc1cc(F)cc(Oc2ncc(C(F)(F)F)c3c2CC(F)[C@H]3O)c1. The summed E-state index contributed by atoms with van der Waals surface area (Å²) in [6, 6.07) is 4.71. The second kappa shape index (κ2) is 5.97. The zero-order chi connectivity index (χ0) is 18.4.